The van der Waals surface area contributed by atoms with Gasteiger partial charge < -0.3 is 24.9 Å². The smallest absolute Gasteiger partial charge is 0.407 e. The Morgan fingerprint density at radius 2 is 1.76 bits per heavy atom. The Morgan fingerprint density at radius 3 is 2.49 bits per heavy atom. The maximum absolute atomic E-state index is 14.1. The molecule has 3 heterocycles. The Hall–Kier alpha value is -3.99. The highest BCUT2D eigenvalue weighted by Gasteiger charge is 2.56. The number of carbonyl (C=O) groups is 2. The number of hydrogen-bond acceptors (Lipinski definition) is 5. The molecule has 216 valence electrons. The molecule has 3 aliphatic rings. The van der Waals surface area contributed by atoms with Gasteiger partial charge in [0.15, 0.2) is 0 Å². The lowest BCUT2D eigenvalue weighted by Gasteiger charge is -2.53. The second-order valence-corrected chi connectivity index (χ2v) is 11.7. The van der Waals surface area contributed by atoms with Gasteiger partial charge in [-0.1, -0.05) is 43.2 Å². The Balaban J connectivity index is 1.27. The topological polar surface area (TPSA) is 119 Å². The van der Waals surface area contributed by atoms with Crippen LogP contribution in [-0.2, 0) is 6.54 Å². The molecule has 2 aliphatic heterocycles. The fraction of sp³-hybridized carbons (Fsp3) is 0.467. The van der Waals surface area contributed by atoms with Crippen LogP contribution in [0.25, 0.3) is 10.9 Å². The summed E-state index contributed by atoms with van der Waals surface area (Å²) in [6.45, 7) is 1.33. The number of aliphatic hydroxyl groups is 1. The molecule has 1 spiro atoms. The Kier molecular flexibility index (Phi) is 6.93. The first kappa shape index (κ1) is 27.2. The Bertz CT molecular complexity index is 1520. The average molecular weight is 564 g/mol. The number of piperazine rings is 1. The van der Waals surface area contributed by atoms with Crippen LogP contribution in [0.5, 0.6) is 0 Å². The number of fused-ring (bicyclic) bond motifs is 1. The van der Waals surface area contributed by atoms with Crippen molar-refractivity contribution >= 4 is 23.0 Å². The fourth-order valence-electron chi connectivity index (χ4n) is 7.12. The average Bonchev–Trinajstić information content (AvgIpc) is 3.46. The largest absolute Gasteiger partial charge is 0.465 e. The summed E-state index contributed by atoms with van der Waals surface area (Å²) in [5.74, 6) is -0.523. The summed E-state index contributed by atoms with van der Waals surface area (Å²) >= 11 is 0. The van der Waals surface area contributed by atoms with Crippen molar-refractivity contribution in [3.63, 3.8) is 0 Å². The summed E-state index contributed by atoms with van der Waals surface area (Å²) in [5, 5.41) is 22.0. The van der Waals surface area contributed by atoms with E-state index in [0.29, 0.717) is 31.4 Å². The Labute approximate surface area is 236 Å². The van der Waals surface area contributed by atoms with Crippen LogP contribution in [0.3, 0.4) is 0 Å². The normalized spacial score (nSPS) is 24.2. The minimum absolute atomic E-state index is 0.0112. The molecule has 0 radical (unpaired) electrons. The molecule has 1 saturated carbocycles. The number of likely N-dealkylation sites (tertiary alicyclic amines) is 1. The van der Waals surface area contributed by atoms with Crippen LogP contribution in [0.1, 0.15) is 43.7 Å². The summed E-state index contributed by atoms with van der Waals surface area (Å²) in [7, 11) is 0. The number of amides is 3. The van der Waals surface area contributed by atoms with Gasteiger partial charge in [0.1, 0.15) is 5.82 Å². The number of aromatic nitrogens is 2. The van der Waals surface area contributed by atoms with Gasteiger partial charge in [0.2, 0.25) is 0 Å². The summed E-state index contributed by atoms with van der Waals surface area (Å²) in [6.07, 6.45) is 3.92. The molecule has 2 atom stereocenters. The zero-order valence-electron chi connectivity index (χ0n) is 22.8. The number of hydrogen-bond donors (Lipinski definition) is 2. The lowest BCUT2D eigenvalue weighted by atomic mass is 9.66. The van der Waals surface area contributed by atoms with E-state index in [-0.39, 0.29) is 44.0 Å². The SMILES string of the molecule is O=C(O)N1CCN(C(=O)N2CCC(O)(Cn3cnc4ccc(F)cc4c3=O)C3(CCCC3)C2)[C@H](c2ccccc2)C1. The van der Waals surface area contributed by atoms with E-state index in [2.05, 4.69) is 4.98 Å². The van der Waals surface area contributed by atoms with Gasteiger partial charge in [0.25, 0.3) is 5.56 Å². The van der Waals surface area contributed by atoms with Gasteiger partial charge in [-0.2, -0.15) is 0 Å². The first-order valence-corrected chi connectivity index (χ1v) is 14.2. The molecule has 3 aromatic rings. The predicted molar refractivity (Wildman–Crippen MR) is 149 cm³/mol. The minimum atomic E-state index is -1.26. The number of halogens is 1. The predicted octanol–water partition coefficient (Wildman–Crippen LogP) is 3.69. The van der Waals surface area contributed by atoms with Crippen molar-refractivity contribution in [1.29, 1.82) is 0 Å². The molecule has 1 unspecified atom stereocenters. The standard InChI is InChI=1S/C30H34FN5O5/c31-22-8-9-24-23(16-22)26(37)35(20-32-24)19-30(41)12-13-34(18-29(30)10-4-5-11-29)27(38)36-15-14-33(28(39)40)17-25(36)21-6-2-1-3-7-21/h1-3,6-9,16,20,25,41H,4-5,10-15,17-19H2,(H,39,40)/t25-,30?/m0/s1. The molecule has 2 N–H and O–H groups in total. The van der Waals surface area contributed by atoms with Crippen LogP contribution in [0, 0.1) is 11.2 Å². The van der Waals surface area contributed by atoms with Crippen LogP contribution in [0.2, 0.25) is 0 Å². The van der Waals surface area contributed by atoms with E-state index in [9.17, 15) is 29.0 Å². The molecular formula is C30H34FN5O5. The number of urea groups is 1. The summed E-state index contributed by atoms with van der Waals surface area (Å²) in [5.41, 5.74) is -1.01. The van der Waals surface area contributed by atoms with Crippen molar-refractivity contribution in [2.24, 2.45) is 5.41 Å². The molecule has 1 aromatic heterocycles. The molecule has 6 rings (SSSR count). The highest BCUT2D eigenvalue weighted by atomic mass is 19.1. The van der Waals surface area contributed by atoms with Gasteiger partial charge in [-0.25, -0.2) is 19.0 Å². The van der Waals surface area contributed by atoms with Crippen molar-refractivity contribution in [2.45, 2.75) is 50.3 Å². The molecule has 3 amide bonds. The zero-order chi connectivity index (χ0) is 28.8. The van der Waals surface area contributed by atoms with Gasteiger partial charge in [-0.05, 0) is 43.0 Å². The molecule has 11 heteroatoms. The van der Waals surface area contributed by atoms with E-state index >= 15 is 0 Å². The van der Waals surface area contributed by atoms with Crippen molar-refractivity contribution < 1.29 is 24.2 Å². The number of nitrogens with zero attached hydrogens (tertiary/aromatic N) is 5. The van der Waals surface area contributed by atoms with Crippen molar-refractivity contribution in [3.8, 4) is 0 Å². The molecule has 2 aromatic carbocycles. The minimum Gasteiger partial charge on any atom is -0.465 e. The van der Waals surface area contributed by atoms with Crippen LogP contribution in [0.15, 0.2) is 59.7 Å². The van der Waals surface area contributed by atoms with Crippen LogP contribution >= 0.6 is 0 Å². The summed E-state index contributed by atoms with van der Waals surface area (Å²) in [6, 6.07) is 12.8. The molecule has 0 bridgehead atoms. The molecule has 1 aliphatic carbocycles. The summed E-state index contributed by atoms with van der Waals surface area (Å²) < 4.78 is 15.3. The van der Waals surface area contributed by atoms with E-state index in [0.717, 1.165) is 18.4 Å². The van der Waals surface area contributed by atoms with Crippen LogP contribution < -0.4 is 5.56 Å². The van der Waals surface area contributed by atoms with Gasteiger partial charge in [-0.15, -0.1) is 0 Å². The molecule has 10 nitrogen and oxygen atoms in total. The van der Waals surface area contributed by atoms with Crippen LogP contribution in [0.4, 0.5) is 14.0 Å². The highest BCUT2D eigenvalue weighted by molar-refractivity contribution is 5.77. The van der Waals surface area contributed by atoms with Gasteiger partial charge >= 0.3 is 12.1 Å². The number of carboxylic acid groups (broad SMARTS) is 1. The zero-order valence-corrected chi connectivity index (χ0v) is 22.8. The Morgan fingerprint density at radius 1 is 1.00 bits per heavy atom. The third-order valence-electron chi connectivity index (χ3n) is 9.41. The van der Waals surface area contributed by atoms with Gasteiger partial charge in [0.05, 0.1) is 35.4 Å². The summed E-state index contributed by atoms with van der Waals surface area (Å²) in [4.78, 5) is 48.3. The van der Waals surface area contributed by atoms with E-state index < -0.39 is 34.5 Å². The van der Waals surface area contributed by atoms with E-state index in [1.165, 1.54) is 34.0 Å². The molecular weight excluding hydrogens is 529 g/mol. The van der Waals surface area contributed by atoms with E-state index in [4.69, 9.17) is 0 Å². The van der Waals surface area contributed by atoms with Crippen LogP contribution in [-0.4, -0.2) is 84.9 Å². The van der Waals surface area contributed by atoms with Gasteiger partial charge in [0, 0.05) is 38.1 Å². The lowest BCUT2D eigenvalue weighted by molar-refractivity contribution is -0.137. The number of benzene rings is 2. The van der Waals surface area contributed by atoms with Crippen molar-refractivity contribution in [1.82, 2.24) is 24.3 Å². The van der Waals surface area contributed by atoms with Crippen molar-refractivity contribution in [3.05, 3.63) is 76.6 Å². The molecule has 41 heavy (non-hydrogen) atoms. The molecule has 2 saturated heterocycles. The third kappa shape index (κ3) is 4.81. The van der Waals surface area contributed by atoms with Crippen molar-refractivity contribution in [2.75, 3.05) is 32.7 Å². The molecule has 3 fully saturated rings. The second-order valence-electron chi connectivity index (χ2n) is 11.7. The number of rotatable bonds is 3. The van der Waals surface area contributed by atoms with E-state index in [1.54, 1.807) is 9.80 Å². The monoisotopic (exact) mass is 563 g/mol. The van der Waals surface area contributed by atoms with Gasteiger partial charge in [-0.3, -0.25) is 9.36 Å². The lowest BCUT2D eigenvalue weighted by Crippen LogP contribution is -2.64. The number of piperidine rings is 1. The fourth-order valence-corrected chi connectivity index (χ4v) is 7.12. The van der Waals surface area contributed by atoms with E-state index in [1.807, 2.05) is 30.3 Å². The quantitative estimate of drug-likeness (QED) is 0.502. The maximum Gasteiger partial charge on any atom is 0.407 e. The second kappa shape index (κ2) is 10.4. The maximum atomic E-state index is 14.1. The number of carbonyl (C=O) groups excluding carboxylic acids is 1. The first-order chi connectivity index (χ1) is 19.7. The highest BCUT2D eigenvalue weighted by Crippen LogP contribution is 2.52. The first-order valence-electron chi connectivity index (χ1n) is 14.2. The third-order valence-corrected chi connectivity index (χ3v) is 9.41.